The van der Waals surface area contributed by atoms with Crippen LogP contribution < -0.4 is 0 Å². The van der Waals surface area contributed by atoms with Gasteiger partial charge in [-0.25, -0.2) is 0 Å². The molecule has 0 radical (unpaired) electrons. The molecule has 0 fully saturated rings. The summed E-state index contributed by atoms with van der Waals surface area (Å²) in [5.41, 5.74) is 2.98. The van der Waals surface area contributed by atoms with Gasteiger partial charge in [0.25, 0.3) is 0 Å². The van der Waals surface area contributed by atoms with E-state index in [4.69, 9.17) is 11.6 Å². The summed E-state index contributed by atoms with van der Waals surface area (Å²) < 4.78 is 0. The smallest absolute Gasteiger partial charge is 0.188 e. The van der Waals surface area contributed by atoms with Crippen molar-refractivity contribution in [3.8, 4) is 0 Å². The van der Waals surface area contributed by atoms with Crippen molar-refractivity contribution in [1.29, 1.82) is 0 Å². The number of halogens is 1. The van der Waals surface area contributed by atoms with Gasteiger partial charge < -0.3 is 0 Å². The molecule has 0 amide bonds. The van der Waals surface area contributed by atoms with Crippen molar-refractivity contribution in [3.63, 3.8) is 0 Å². The fraction of sp³-hybridized carbons (Fsp3) is 0.0556. The Balaban J connectivity index is 2.49. The molecule has 2 aromatic carbocycles. The summed E-state index contributed by atoms with van der Waals surface area (Å²) in [5, 5.41) is 0.676. The van der Waals surface area contributed by atoms with Gasteiger partial charge in [-0.2, -0.15) is 0 Å². The van der Waals surface area contributed by atoms with Crippen LogP contribution in [0, 0.1) is 0 Å². The van der Waals surface area contributed by atoms with Crippen LogP contribution in [0.5, 0.6) is 0 Å². The first-order chi connectivity index (χ1) is 9.58. The van der Waals surface area contributed by atoms with Crippen molar-refractivity contribution in [2.45, 2.75) is 6.92 Å². The van der Waals surface area contributed by atoms with Crippen LogP contribution in [0.1, 0.15) is 18.1 Å². The predicted octanol–water partition coefficient (Wildman–Crippen LogP) is 5.03. The Bertz CT molecular complexity index is 652. The average Bonchev–Trinajstić information content (AvgIpc) is 2.47. The minimum absolute atomic E-state index is 0.0499. The lowest BCUT2D eigenvalue weighted by molar-refractivity contribution is -0.110. The number of hydrogen-bond donors (Lipinski definition) is 0. The van der Waals surface area contributed by atoms with Crippen molar-refractivity contribution in [3.05, 3.63) is 82.9 Å². The van der Waals surface area contributed by atoms with E-state index in [1.54, 1.807) is 19.1 Å². The summed E-state index contributed by atoms with van der Waals surface area (Å²) in [4.78, 5) is 12.3. The van der Waals surface area contributed by atoms with Crippen molar-refractivity contribution >= 4 is 29.0 Å². The van der Waals surface area contributed by atoms with Crippen LogP contribution in [0.3, 0.4) is 0 Å². The molecule has 2 rings (SSSR count). The van der Waals surface area contributed by atoms with Gasteiger partial charge in [0, 0.05) is 10.6 Å². The summed E-state index contributed by atoms with van der Waals surface area (Å²) in [6.45, 7) is 5.47. The summed E-state index contributed by atoms with van der Waals surface area (Å²) in [5.74, 6) is -0.0499. The Morgan fingerprint density at radius 2 is 1.65 bits per heavy atom. The van der Waals surface area contributed by atoms with Crippen LogP contribution in [0.2, 0.25) is 5.02 Å². The van der Waals surface area contributed by atoms with Gasteiger partial charge in [0.1, 0.15) is 0 Å². The van der Waals surface area contributed by atoms with E-state index in [2.05, 4.69) is 6.58 Å². The Labute approximate surface area is 124 Å². The van der Waals surface area contributed by atoms with Crippen molar-refractivity contribution in [1.82, 2.24) is 0 Å². The third kappa shape index (κ3) is 3.46. The van der Waals surface area contributed by atoms with Gasteiger partial charge in [-0.3, -0.25) is 4.79 Å². The van der Waals surface area contributed by atoms with Crippen LogP contribution in [-0.2, 0) is 4.79 Å². The van der Waals surface area contributed by atoms with Crippen molar-refractivity contribution in [2.24, 2.45) is 0 Å². The number of ketones is 1. The molecule has 20 heavy (non-hydrogen) atoms. The SMILES string of the molecule is C=C(C)C(=O)/C(=C/c1ccc(Cl)cc1)c1ccccc1. The predicted molar refractivity (Wildman–Crippen MR) is 85.6 cm³/mol. The van der Waals surface area contributed by atoms with Gasteiger partial charge in [0.05, 0.1) is 0 Å². The Hall–Kier alpha value is -2.12. The minimum atomic E-state index is -0.0499. The van der Waals surface area contributed by atoms with Crippen molar-refractivity contribution in [2.75, 3.05) is 0 Å². The molecule has 2 aromatic rings. The second kappa shape index (κ2) is 6.36. The number of hydrogen-bond acceptors (Lipinski definition) is 1. The summed E-state index contributed by atoms with van der Waals surface area (Å²) >= 11 is 5.88. The van der Waals surface area contributed by atoms with E-state index in [-0.39, 0.29) is 5.78 Å². The molecular weight excluding hydrogens is 268 g/mol. The zero-order chi connectivity index (χ0) is 14.5. The maximum atomic E-state index is 12.3. The molecule has 0 unspecified atom stereocenters. The Morgan fingerprint density at radius 3 is 2.20 bits per heavy atom. The molecule has 2 heteroatoms. The lowest BCUT2D eigenvalue weighted by Gasteiger charge is -2.07. The number of Topliss-reactive ketones (excluding diaryl/α,β-unsaturated/α-hetero) is 1. The monoisotopic (exact) mass is 282 g/mol. The molecule has 0 aliphatic heterocycles. The third-order valence-electron chi connectivity index (χ3n) is 2.90. The van der Waals surface area contributed by atoms with Crippen LogP contribution in [-0.4, -0.2) is 5.78 Å². The molecule has 0 aromatic heterocycles. The van der Waals surface area contributed by atoms with E-state index in [9.17, 15) is 4.79 Å². The van der Waals surface area contributed by atoms with Crippen LogP contribution in [0.15, 0.2) is 66.7 Å². The summed E-state index contributed by atoms with van der Waals surface area (Å²) in [7, 11) is 0. The maximum absolute atomic E-state index is 12.3. The average molecular weight is 283 g/mol. The van der Waals surface area contributed by atoms with Gasteiger partial charge in [0.2, 0.25) is 0 Å². The normalized spacial score (nSPS) is 11.2. The second-order valence-corrected chi connectivity index (χ2v) is 5.02. The quantitative estimate of drug-likeness (QED) is 0.568. The molecule has 0 bridgehead atoms. The molecule has 0 aliphatic carbocycles. The standard InChI is InChI=1S/C18H15ClO/c1-13(2)18(20)17(15-6-4-3-5-7-15)12-14-8-10-16(19)11-9-14/h3-12H,1H2,2H3/b17-12+. The van der Waals surface area contributed by atoms with E-state index in [1.807, 2.05) is 48.5 Å². The van der Waals surface area contributed by atoms with Gasteiger partial charge in [-0.05, 0) is 41.8 Å². The fourth-order valence-electron chi connectivity index (χ4n) is 1.85. The highest BCUT2D eigenvalue weighted by Crippen LogP contribution is 2.22. The number of carbonyl (C=O) groups is 1. The number of carbonyl (C=O) groups excluding carboxylic acids is 1. The molecule has 0 saturated heterocycles. The maximum Gasteiger partial charge on any atom is 0.188 e. The topological polar surface area (TPSA) is 17.1 Å². The third-order valence-corrected chi connectivity index (χ3v) is 3.15. The molecule has 100 valence electrons. The first-order valence-corrected chi connectivity index (χ1v) is 6.68. The summed E-state index contributed by atoms with van der Waals surface area (Å²) in [6, 6.07) is 17.0. The second-order valence-electron chi connectivity index (χ2n) is 4.59. The molecule has 0 heterocycles. The van der Waals surface area contributed by atoms with E-state index < -0.39 is 0 Å². The largest absolute Gasteiger partial charge is 0.289 e. The highest BCUT2D eigenvalue weighted by Gasteiger charge is 2.12. The number of allylic oxidation sites excluding steroid dienone is 2. The van der Waals surface area contributed by atoms with Gasteiger partial charge in [0.15, 0.2) is 5.78 Å². The van der Waals surface area contributed by atoms with Crippen LogP contribution in [0.25, 0.3) is 11.6 Å². The first kappa shape index (κ1) is 14.3. The molecule has 0 aliphatic rings. The first-order valence-electron chi connectivity index (χ1n) is 6.31. The zero-order valence-corrected chi connectivity index (χ0v) is 12.0. The van der Waals surface area contributed by atoms with E-state index in [1.165, 1.54) is 0 Å². The summed E-state index contributed by atoms with van der Waals surface area (Å²) in [6.07, 6.45) is 1.86. The number of benzene rings is 2. The van der Waals surface area contributed by atoms with E-state index in [0.717, 1.165) is 11.1 Å². The molecule has 0 N–H and O–H groups in total. The molecule has 0 spiro atoms. The van der Waals surface area contributed by atoms with Crippen LogP contribution in [0.4, 0.5) is 0 Å². The van der Waals surface area contributed by atoms with Gasteiger partial charge >= 0.3 is 0 Å². The van der Waals surface area contributed by atoms with Crippen LogP contribution >= 0.6 is 11.6 Å². The Kier molecular flexibility index (Phi) is 4.54. The van der Waals surface area contributed by atoms with Gasteiger partial charge in [-0.15, -0.1) is 0 Å². The molecule has 1 nitrogen and oxygen atoms in total. The van der Waals surface area contributed by atoms with Gasteiger partial charge in [-0.1, -0.05) is 60.6 Å². The fourth-order valence-corrected chi connectivity index (χ4v) is 1.98. The highest BCUT2D eigenvalue weighted by molar-refractivity contribution is 6.32. The Morgan fingerprint density at radius 1 is 1.05 bits per heavy atom. The number of rotatable bonds is 4. The zero-order valence-electron chi connectivity index (χ0n) is 11.3. The molecular formula is C18H15ClO. The van der Waals surface area contributed by atoms with E-state index in [0.29, 0.717) is 16.2 Å². The molecule has 0 atom stereocenters. The lowest BCUT2D eigenvalue weighted by Crippen LogP contribution is -2.02. The molecule has 0 saturated carbocycles. The van der Waals surface area contributed by atoms with E-state index >= 15 is 0 Å². The lowest BCUT2D eigenvalue weighted by atomic mass is 9.96. The highest BCUT2D eigenvalue weighted by atomic mass is 35.5. The van der Waals surface area contributed by atoms with Crippen molar-refractivity contribution < 1.29 is 4.79 Å². The minimum Gasteiger partial charge on any atom is -0.289 e.